The molecule has 1 saturated heterocycles. The molecule has 0 unspecified atom stereocenters. The Balaban J connectivity index is 1.52. The first kappa shape index (κ1) is 19.2. The normalized spacial score (nSPS) is 20.8. The molecule has 1 aliphatic carbocycles. The average Bonchev–Trinajstić information content (AvgIpc) is 3.20. The summed E-state index contributed by atoms with van der Waals surface area (Å²) in [7, 11) is 1.81. The monoisotopic (exact) mass is 433 g/mol. The highest BCUT2D eigenvalue weighted by molar-refractivity contribution is 6.01. The number of hydrogen-bond donors (Lipinski definition) is 3. The molecule has 10 heteroatoms. The van der Waals surface area contributed by atoms with E-state index in [0.717, 1.165) is 29.4 Å². The minimum atomic E-state index is -0.601. The van der Waals surface area contributed by atoms with Crippen molar-refractivity contribution in [3.05, 3.63) is 42.4 Å². The van der Waals surface area contributed by atoms with E-state index in [1.165, 1.54) is 0 Å². The molecule has 2 aliphatic rings. The summed E-state index contributed by atoms with van der Waals surface area (Å²) in [5.74, 6) is 0.550. The summed E-state index contributed by atoms with van der Waals surface area (Å²) in [5.41, 5.74) is 3.23. The van der Waals surface area contributed by atoms with Crippen molar-refractivity contribution < 1.29 is 14.6 Å². The first-order valence-electron chi connectivity index (χ1n) is 10.7. The molecular formula is C22H23N7O3. The lowest BCUT2D eigenvalue weighted by atomic mass is 10.1. The highest BCUT2D eigenvalue weighted by Crippen LogP contribution is 2.34. The number of carbonyl (C=O) groups is 1. The minimum absolute atomic E-state index is 0.162. The number of ether oxygens (including phenoxy) is 1. The molecule has 2 fully saturated rings. The van der Waals surface area contributed by atoms with Gasteiger partial charge in [-0.3, -0.25) is 4.79 Å². The molecule has 2 atom stereocenters. The fourth-order valence-electron chi connectivity index (χ4n) is 4.27. The summed E-state index contributed by atoms with van der Waals surface area (Å²) in [5, 5.41) is 21.8. The van der Waals surface area contributed by atoms with Crippen molar-refractivity contribution in [2.75, 3.05) is 25.6 Å². The smallest absolute Gasteiger partial charge is 0.256 e. The molecule has 32 heavy (non-hydrogen) atoms. The van der Waals surface area contributed by atoms with Crippen LogP contribution >= 0.6 is 0 Å². The van der Waals surface area contributed by atoms with E-state index in [1.54, 1.807) is 24.0 Å². The third-order valence-electron chi connectivity index (χ3n) is 6.13. The number of pyridine rings is 1. The third-order valence-corrected chi connectivity index (χ3v) is 6.13. The molecule has 0 spiro atoms. The molecule has 5 heterocycles. The predicted molar refractivity (Wildman–Crippen MR) is 118 cm³/mol. The van der Waals surface area contributed by atoms with Crippen LogP contribution in [0.3, 0.4) is 0 Å². The Labute approximate surface area is 183 Å². The van der Waals surface area contributed by atoms with E-state index >= 15 is 0 Å². The number of aliphatic hydroxyl groups is 1. The number of nitrogens with zero attached hydrogens (tertiary/aromatic N) is 5. The van der Waals surface area contributed by atoms with Crippen molar-refractivity contribution in [3.63, 3.8) is 0 Å². The molecule has 1 amide bonds. The van der Waals surface area contributed by atoms with Gasteiger partial charge in [0.1, 0.15) is 23.1 Å². The van der Waals surface area contributed by atoms with E-state index in [-0.39, 0.29) is 18.0 Å². The average molecular weight is 433 g/mol. The van der Waals surface area contributed by atoms with Crippen LogP contribution in [0.25, 0.3) is 27.9 Å². The van der Waals surface area contributed by atoms with E-state index < -0.39 is 6.10 Å². The maximum absolute atomic E-state index is 12.8. The number of anilines is 1. The van der Waals surface area contributed by atoms with Crippen LogP contribution in [-0.2, 0) is 4.74 Å². The molecule has 6 rings (SSSR count). The van der Waals surface area contributed by atoms with Gasteiger partial charge in [-0.15, -0.1) is 0 Å². The van der Waals surface area contributed by atoms with Crippen molar-refractivity contribution in [1.82, 2.24) is 29.5 Å². The second-order valence-corrected chi connectivity index (χ2v) is 8.31. The van der Waals surface area contributed by atoms with Gasteiger partial charge >= 0.3 is 0 Å². The van der Waals surface area contributed by atoms with Crippen molar-refractivity contribution in [2.45, 2.75) is 31.0 Å². The lowest BCUT2D eigenvalue weighted by Gasteiger charge is -2.15. The third kappa shape index (κ3) is 3.02. The summed E-state index contributed by atoms with van der Waals surface area (Å²) in [4.78, 5) is 22.2. The summed E-state index contributed by atoms with van der Waals surface area (Å²) in [6.45, 7) is 0.721. The Hall–Kier alpha value is -3.50. The van der Waals surface area contributed by atoms with Crippen LogP contribution in [0.1, 0.15) is 29.2 Å². The van der Waals surface area contributed by atoms with Crippen LogP contribution in [0.15, 0.2) is 36.8 Å². The van der Waals surface area contributed by atoms with Gasteiger partial charge in [0.2, 0.25) is 0 Å². The molecule has 10 nitrogen and oxygen atoms in total. The van der Waals surface area contributed by atoms with Crippen LogP contribution in [0.2, 0.25) is 0 Å². The lowest BCUT2D eigenvalue weighted by molar-refractivity contribution is 0.0952. The van der Waals surface area contributed by atoms with Gasteiger partial charge in [0.15, 0.2) is 5.65 Å². The molecule has 0 aromatic carbocycles. The summed E-state index contributed by atoms with van der Waals surface area (Å²) in [6, 6.07) is 5.79. The number of nitrogens with one attached hydrogen (secondary N) is 2. The number of carbonyl (C=O) groups excluding carboxylic acids is 1. The molecular weight excluding hydrogens is 410 g/mol. The van der Waals surface area contributed by atoms with Gasteiger partial charge < -0.3 is 25.0 Å². The zero-order valence-electron chi connectivity index (χ0n) is 17.5. The maximum atomic E-state index is 12.8. The van der Waals surface area contributed by atoms with E-state index in [2.05, 4.69) is 20.7 Å². The largest absolute Gasteiger partial charge is 0.388 e. The molecule has 4 aromatic heterocycles. The van der Waals surface area contributed by atoms with Crippen molar-refractivity contribution in [3.8, 4) is 11.3 Å². The van der Waals surface area contributed by atoms with Crippen LogP contribution in [0.4, 0.5) is 5.82 Å². The molecule has 0 radical (unpaired) electrons. The van der Waals surface area contributed by atoms with E-state index in [0.29, 0.717) is 35.9 Å². The van der Waals surface area contributed by atoms with Gasteiger partial charge in [-0.25, -0.2) is 9.97 Å². The fourth-order valence-corrected chi connectivity index (χ4v) is 4.27. The second kappa shape index (κ2) is 7.28. The van der Waals surface area contributed by atoms with Crippen LogP contribution in [0.5, 0.6) is 0 Å². The molecule has 3 N–H and O–H groups in total. The van der Waals surface area contributed by atoms with Crippen LogP contribution in [-0.4, -0.2) is 67.6 Å². The van der Waals surface area contributed by atoms with Crippen molar-refractivity contribution in [1.29, 1.82) is 0 Å². The van der Waals surface area contributed by atoms with Crippen LogP contribution < -0.4 is 10.6 Å². The van der Waals surface area contributed by atoms with Gasteiger partial charge in [0, 0.05) is 42.5 Å². The zero-order valence-corrected chi connectivity index (χ0v) is 17.5. The molecule has 164 valence electrons. The Morgan fingerprint density at radius 1 is 1.28 bits per heavy atom. The Bertz CT molecular complexity index is 1340. The first-order chi connectivity index (χ1) is 15.6. The van der Waals surface area contributed by atoms with Gasteiger partial charge in [0.25, 0.3) is 5.91 Å². The standard InChI is InChI=1S/C22H23N7O3/c1-23-19-7-16(27-21-14(8-25-29(19)21)22(31)26-12-4-5-12)15-9-28(17-10-32-11-18(17)30)20-13(15)3-2-6-24-20/h2-3,6-9,12,17-18,23,30H,4-5,10-11H2,1H3,(H,26,31)/t17-,18-/m0/s1. The number of amides is 1. The molecule has 1 aliphatic heterocycles. The van der Waals surface area contributed by atoms with E-state index in [1.807, 2.05) is 29.0 Å². The highest BCUT2D eigenvalue weighted by Gasteiger charge is 2.30. The van der Waals surface area contributed by atoms with Crippen LogP contribution in [0, 0.1) is 0 Å². The highest BCUT2D eigenvalue weighted by atomic mass is 16.5. The quantitative estimate of drug-likeness (QED) is 0.438. The number of aromatic nitrogens is 5. The van der Waals surface area contributed by atoms with Gasteiger partial charge in [-0.05, 0) is 25.0 Å². The molecule has 0 bridgehead atoms. The topological polar surface area (TPSA) is 119 Å². The second-order valence-electron chi connectivity index (χ2n) is 8.31. The Morgan fingerprint density at radius 2 is 2.16 bits per heavy atom. The zero-order chi connectivity index (χ0) is 21.8. The number of hydrogen-bond acceptors (Lipinski definition) is 7. The summed E-state index contributed by atoms with van der Waals surface area (Å²) in [6.07, 6.45) is 6.66. The van der Waals surface area contributed by atoms with Gasteiger partial charge in [-0.1, -0.05) is 0 Å². The summed E-state index contributed by atoms with van der Waals surface area (Å²) < 4.78 is 9.07. The first-order valence-corrected chi connectivity index (χ1v) is 10.7. The van der Waals surface area contributed by atoms with E-state index in [4.69, 9.17) is 9.72 Å². The van der Waals surface area contributed by atoms with Gasteiger partial charge in [0.05, 0.1) is 31.1 Å². The fraction of sp³-hybridized carbons (Fsp3) is 0.364. The Kier molecular flexibility index (Phi) is 4.37. The summed E-state index contributed by atoms with van der Waals surface area (Å²) >= 11 is 0. The predicted octanol–water partition coefficient (Wildman–Crippen LogP) is 1.61. The Morgan fingerprint density at radius 3 is 2.91 bits per heavy atom. The van der Waals surface area contributed by atoms with Crippen molar-refractivity contribution in [2.24, 2.45) is 0 Å². The van der Waals surface area contributed by atoms with Gasteiger partial charge in [-0.2, -0.15) is 9.61 Å². The van der Waals surface area contributed by atoms with Crippen molar-refractivity contribution >= 4 is 28.4 Å². The molecule has 4 aromatic rings. The lowest BCUT2D eigenvalue weighted by Crippen LogP contribution is -2.25. The minimum Gasteiger partial charge on any atom is -0.388 e. The van der Waals surface area contributed by atoms with E-state index in [9.17, 15) is 9.90 Å². The molecule has 1 saturated carbocycles. The number of rotatable bonds is 5. The number of fused-ring (bicyclic) bond motifs is 2. The number of aliphatic hydroxyl groups excluding tert-OH is 1. The SMILES string of the molecule is CNc1cc(-c2cn([C@H]3COC[C@@H]3O)c3ncccc23)nc2c(C(=O)NC3CC3)cnn12. The maximum Gasteiger partial charge on any atom is 0.256 e.